The Balaban J connectivity index is 1.78. The second-order valence-corrected chi connectivity index (χ2v) is 8.34. The number of aryl methyl sites for hydroxylation is 1. The van der Waals surface area contributed by atoms with Crippen LogP contribution in [-0.2, 0) is 22.8 Å². The average molecular weight is 418 g/mol. The number of likely N-dealkylation sites (N-methyl/N-ethyl adjacent to an activating group) is 1. The topological polar surface area (TPSA) is 63.5 Å². The summed E-state index contributed by atoms with van der Waals surface area (Å²) in [5.74, 6) is 0.137. The number of fused-ring (bicyclic) bond motifs is 3. The van der Waals surface area contributed by atoms with Crippen LogP contribution in [0.2, 0.25) is 0 Å². The molecule has 2 aromatic carbocycles. The van der Waals surface area contributed by atoms with Gasteiger partial charge in [0.2, 0.25) is 5.91 Å². The van der Waals surface area contributed by atoms with Gasteiger partial charge in [0.15, 0.2) is 0 Å². The Kier molecular flexibility index (Phi) is 4.63. The first-order valence-electron chi connectivity index (χ1n) is 9.77. The molecule has 0 radical (unpaired) electrons. The lowest BCUT2D eigenvalue weighted by Crippen LogP contribution is -2.56. The number of carbonyl (C=O) groups is 1. The molecular weight excluding hydrogens is 397 g/mol. The molecule has 2 atom stereocenters. The molecule has 2 aromatic rings. The lowest BCUT2D eigenvalue weighted by atomic mass is 9.63. The van der Waals surface area contributed by atoms with Gasteiger partial charge in [-0.2, -0.15) is 13.2 Å². The zero-order valence-electron chi connectivity index (χ0n) is 16.6. The molecule has 0 saturated carbocycles. The minimum Gasteiger partial charge on any atom is -0.342 e. The summed E-state index contributed by atoms with van der Waals surface area (Å²) < 4.78 is 39.0. The molecule has 0 unspecified atom stereocenters. The van der Waals surface area contributed by atoms with Gasteiger partial charge in [0, 0.05) is 31.0 Å². The highest BCUT2D eigenvalue weighted by Crippen LogP contribution is 2.47. The molecular formula is C22H21F3N2O3. The average Bonchev–Trinajstić information content (AvgIpc) is 2.69. The molecule has 1 saturated heterocycles. The van der Waals surface area contributed by atoms with Gasteiger partial charge in [-0.1, -0.05) is 25.1 Å². The van der Waals surface area contributed by atoms with Crippen molar-refractivity contribution in [1.82, 2.24) is 4.90 Å². The van der Waals surface area contributed by atoms with Crippen LogP contribution < -0.4 is 0 Å². The second-order valence-electron chi connectivity index (χ2n) is 8.34. The maximum atomic E-state index is 13.0. The Labute approximate surface area is 171 Å². The number of likely N-dealkylation sites (tertiary alicyclic amines) is 1. The fraction of sp³-hybridized carbons (Fsp3) is 0.409. The van der Waals surface area contributed by atoms with Crippen LogP contribution in [-0.4, -0.2) is 28.8 Å². The van der Waals surface area contributed by atoms with E-state index in [0.717, 1.165) is 30.0 Å². The van der Waals surface area contributed by atoms with Gasteiger partial charge in [0.1, 0.15) is 0 Å². The fourth-order valence-corrected chi connectivity index (χ4v) is 5.06. The third kappa shape index (κ3) is 3.14. The molecule has 1 fully saturated rings. The lowest BCUT2D eigenvalue weighted by molar-refractivity contribution is -0.384. The number of piperidine rings is 1. The predicted octanol–water partition coefficient (Wildman–Crippen LogP) is 5.11. The van der Waals surface area contributed by atoms with Gasteiger partial charge in [0.05, 0.1) is 16.1 Å². The van der Waals surface area contributed by atoms with Crippen LogP contribution in [0.5, 0.6) is 0 Å². The first-order valence-corrected chi connectivity index (χ1v) is 9.77. The van der Waals surface area contributed by atoms with Crippen LogP contribution in [0, 0.1) is 10.1 Å². The number of alkyl halides is 3. The Hall–Kier alpha value is -2.90. The molecule has 5 nitrogen and oxygen atoms in total. The Morgan fingerprint density at radius 3 is 2.57 bits per heavy atom. The molecule has 1 heterocycles. The Bertz CT molecular complexity index is 1050. The number of hydrogen-bond acceptors (Lipinski definition) is 3. The SMILES string of the molecule is CN1C(=O)CC[C@]2(C)c3ccc(-c4ccc(C(F)(F)F)cc4[N+](=O)[O-])cc3CC[C@@H]12. The monoisotopic (exact) mass is 418 g/mol. The van der Waals surface area contributed by atoms with Crippen LogP contribution in [0.3, 0.4) is 0 Å². The second kappa shape index (κ2) is 6.82. The zero-order chi connectivity index (χ0) is 21.8. The molecule has 2 aliphatic rings. The third-order valence-corrected chi connectivity index (χ3v) is 6.69. The number of rotatable bonds is 2. The molecule has 4 rings (SSSR count). The highest BCUT2D eigenvalue weighted by Gasteiger charge is 2.46. The van der Waals surface area contributed by atoms with E-state index in [0.29, 0.717) is 24.5 Å². The molecule has 30 heavy (non-hydrogen) atoms. The van der Waals surface area contributed by atoms with Crippen molar-refractivity contribution in [2.75, 3.05) is 7.05 Å². The molecule has 1 amide bonds. The summed E-state index contributed by atoms with van der Waals surface area (Å²) in [5.41, 5.74) is 1.02. The smallest absolute Gasteiger partial charge is 0.342 e. The number of nitro benzene ring substituents is 1. The Morgan fingerprint density at radius 1 is 1.17 bits per heavy atom. The summed E-state index contributed by atoms with van der Waals surface area (Å²) in [4.78, 5) is 24.6. The summed E-state index contributed by atoms with van der Waals surface area (Å²) in [6.45, 7) is 2.14. The highest BCUT2D eigenvalue weighted by molar-refractivity contribution is 5.79. The summed E-state index contributed by atoms with van der Waals surface area (Å²) in [6.07, 6.45) is -1.96. The van der Waals surface area contributed by atoms with Crippen LogP contribution >= 0.6 is 0 Å². The minimum absolute atomic E-state index is 0.0949. The summed E-state index contributed by atoms with van der Waals surface area (Å²) in [7, 11) is 1.83. The van der Waals surface area contributed by atoms with E-state index in [-0.39, 0.29) is 22.9 Å². The van der Waals surface area contributed by atoms with Crippen molar-refractivity contribution in [3.63, 3.8) is 0 Å². The highest BCUT2D eigenvalue weighted by atomic mass is 19.4. The van der Waals surface area contributed by atoms with Crippen molar-refractivity contribution >= 4 is 11.6 Å². The molecule has 0 bridgehead atoms. The number of hydrogen-bond donors (Lipinski definition) is 0. The standard InChI is InChI=1S/C22H21F3N2O3/c1-21-10-9-20(28)26(2)19(21)8-4-14-11-13(3-7-17(14)21)16-6-5-15(22(23,24)25)12-18(16)27(29)30/h3,5-7,11-12,19H,4,8-10H2,1-2H3/t19-,21-/m1/s1. The number of benzene rings is 2. The number of nitro groups is 1. The van der Waals surface area contributed by atoms with Gasteiger partial charge in [0.25, 0.3) is 5.69 Å². The van der Waals surface area contributed by atoms with Gasteiger partial charge < -0.3 is 4.90 Å². The van der Waals surface area contributed by atoms with E-state index < -0.39 is 22.4 Å². The van der Waals surface area contributed by atoms with Crippen molar-refractivity contribution in [2.45, 2.75) is 50.2 Å². The summed E-state index contributed by atoms with van der Waals surface area (Å²) in [6, 6.07) is 8.23. The van der Waals surface area contributed by atoms with Crippen molar-refractivity contribution in [3.8, 4) is 11.1 Å². The van der Waals surface area contributed by atoms with E-state index in [9.17, 15) is 28.1 Å². The molecule has 1 aliphatic carbocycles. The van der Waals surface area contributed by atoms with Crippen molar-refractivity contribution in [2.24, 2.45) is 0 Å². The molecule has 0 N–H and O–H groups in total. The van der Waals surface area contributed by atoms with Crippen molar-refractivity contribution in [1.29, 1.82) is 0 Å². The van der Waals surface area contributed by atoms with Crippen molar-refractivity contribution < 1.29 is 22.9 Å². The van der Waals surface area contributed by atoms with Gasteiger partial charge in [-0.15, -0.1) is 0 Å². The lowest BCUT2D eigenvalue weighted by Gasteiger charge is -2.50. The number of nitrogens with zero attached hydrogens (tertiary/aromatic N) is 2. The summed E-state index contributed by atoms with van der Waals surface area (Å²) >= 11 is 0. The maximum absolute atomic E-state index is 13.0. The van der Waals surface area contributed by atoms with Crippen molar-refractivity contribution in [3.05, 3.63) is 63.2 Å². The van der Waals surface area contributed by atoms with E-state index in [2.05, 4.69) is 6.92 Å². The van der Waals surface area contributed by atoms with E-state index in [1.54, 1.807) is 6.07 Å². The van der Waals surface area contributed by atoms with Gasteiger partial charge in [-0.05, 0) is 48.1 Å². The third-order valence-electron chi connectivity index (χ3n) is 6.69. The molecule has 158 valence electrons. The van der Waals surface area contributed by atoms with Crippen LogP contribution in [0.4, 0.5) is 18.9 Å². The Morgan fingerprint density at radius 2 is 1.90 bits per heavy atom. The summed E-state index contributed by atoms with van der Waals surface area (Å²) in [5, 5.41) is 11.5. The van der Waals surface area contributed by atoms with Gasteiger partial charge in [-0.25, -0.2) is 0 Å². The molecule has 0 aromatic heterocycles. The molecule has 0 spiro atoms. The van der Waals surface area contributed by atoms with Crippen LogP contribution in [0.25, 0.3) is 11.1 Å². The van der Waals surface area contributed by atoms with E-state index in [1.165, 1.54) is 6.07 Å². The first kappa shape index (κ1) is 20.4. The van der Waals surface area contributed by atoms with E-state index in [1.807, 2.05) is 24.1 Å². The van der Waals surface area contributed by atoms with Gasteiger partial charge >= 0.3 is 6.18 Å². The predicted molar refractivity (Wildman–Crippen MR) is 105 cm³/mol. The number of amides is 1. The maximum Gasteiger partial charge on any atom is 0.416 e. The number of halogens is 3. The minimum atomic E-state index is -4.65. The van der Waals surface area contributed by atoms with Gasteiger partial charge in [-0.3, -0.25) is 14.9 Å². The largest absolute Gasteiger partial charge is 0.416 e. The zero-order valence-corrected chi connectivity index (χ0v) is 16.6. The van der Waals surface area contributed by atoms with E-state index in [4.69, 9.17) is 0 Å². The van der Waals surface area contributed by atoms with Crippen LogP contribution in [0.1, 0.15) is 42.9 Å². The normalized spacial score (nSPS) is 23.7. The quantitative estimate of drug-likeness (QED) is 0.503. The van der Waals surface area contributed by atoms with Crippen LogP contribution in [0.15, 0.2) is 36.4 Å². The number of carbonyl (C=O) groups excluding carboxylic acids is 1. The first-order chi connectivity index (χ1) is 14.0. The molecule has 8 heteroatoms. The van der Waals surface area contributed by atoms with E-state index >= 15 is 0 Å². The molecule has 1 aliphatic heterocycles. The fourth-order valence-electron chi connectivity index (χ4n) is 5.06.